The molecule has 1 aromatic carbocycles. The number of allylic oxidation sites excluding steroid dienone is 1. The summed E-state index contributed by atoms with van der Waals surface area (Å²) in [5.41, 5.74) is 0.902. The van der Waals surface area contributed by atoms with E-state index in [4.69, 9.17) is 4.74 Å². The van der Waals surface area contributed by atoms with Gasteiger partial charge in [-0.15, -0.1) is 0 Å². The maximum absolute atomic E-state index is 12.1. The summed E-state index contributed by atoms with van der Waals surface area (Å²) in [5, 5.41) is 0. The molecule has 1 aliphatic heterocycles. The quantitative estimate of drug-likeness (QED) is 0.784. The monoisotopic (exact) mass is 259 g/mol. The van der Waals surface area contributed by atoms with Gasteiger partial charge in [0.05, 0.1) is 0 Å². The lowest BCUT2D eigenvalue weighted by molar-refractivity contribution is -0.124. The highest BCUT2D eigenvalue weighted by atomic mass is 16.6. The number of cyclic esters (lactones) is 1. The van der Waals surface area contributed by atoms with Crippen LogP contribution >= 0.6 is 0 Å². The molecule has 2 amide bonds. The van der Waals surface area contributed by atoms with Crippen molar-refractivity contribution in [1.82, 2.24) is 4.90 Å². The summed E-state index contributed by atoms with van der Waals surface area (Å²) in [6.07, 6.45) is 2.63. The standard InChI is InChI=1S/C15H17NO3/c1-11(2)8-9-14(17)16-13(10-19-15(16)18)12-6-4-3-5-7-12/h3-9,11,13H,10H2,1-2H3. The van der Waals surface area contributed by atoms with Crippen LogP contribution in [0.5, 0.6) is 0 Å². The highest BCUT2D eigenvalue weighted by Crippen LogP contribution is 2.27. The number of ether oxygens (including phenoxy) is 1. The number of hydrogen-bond acceptors (Lipinski definition) is 3. The summed E-state index contributed by atoms with van der Waals surface area (Å²) >= 11 is 0. The van der Waals surface area contributed by atoms with Crippen LogP contribution in [-0.4, -0.2) is 23.5 Å². The molecule has 2 rings (SSSR count). The Morgan fingerprint density at radius 3 is 2.68 bits per heavy atom. The Bertz CT molecular complexity index is 493. The lowest BCUT2D eigenvalue weighted by Gasteiger charge is -2.18. The Labute approximate surface area is 112 Å². The van der Waals surface area contributed by atoms with Crippen molar-refractivity contribution in [2.45, 2.75) is 19.9 Å². The van der Waals surface area contributed by atoms with Crippen LogP contribution in [0.15, 0.2) is 42.5 Å². The molecule has 1 aliphatic rings. The van der Waals surface area contributed by atoms with E-state index >= 15 is 0 Å². The Morgan fingerprint density at radius 1 is 1.37 bits per heavy atom. The molecule has 1 saturated heterocycles. The summed E-state index contributed by atoms with van der Waals surface area (Å²) < 4.78 is 4.99. The third-order valence-electron chi connectivity index (χ3n) is 2.92. The predicted octanol–water partition coefficient (Wildman–Crippen LogP) is 2.92. The molecule has 0 bridgehead atoms. The molecule has 0 aliphatic carbocycles. The van der Waals surface area contributed by atoms with Gasteiger partial charge in [0.1, 0.15) is 12.6 Å². The van der Waals surface area contributed by atoms with Gasteiger partial charge in [-0.3, -0.25) is 4.79 Å². The van der Waals surface area contributed by atoms with Gasteiger partial charge in [0, 0.05) is 0 Å². The van der Waals surface area contributed by atoms with Crippen LogP contribution in [0.3, 0.4) is 0 Å². The second kappa shape index (κ2) is 5.69. The van der Waals surface area contributed by atoms with Crippen LogP contribution in [0.2, 0.25) is 0 Å². The maximum Gasteiger partial charge on any atom is 0.417 e. The van der Waals surface area contributed by atoms with Crippen LogP contribution in [-0.2, 0) is 9.53 Å². The molecular formula is C15H17NO3. The highest BCUT2D eigenvalue weighted by molar-refractivity contribution is 5.99. The first-order valence-corrected chi connectivity index (χ1v) is 6.32. The first-order valence-electron chi connectivity index (χ1n) is 6.32. The molecule has 1 aromatic rings. The fourth-order valence-corrected chi connectivity index (χ4v) is 1.94. The van der Waals surface area contributed by atoms with Gasteiger partial charge in [-0.25, -0.2) is 9.69 Å². The number of nitrogens with zero attached hydrogens (tertiary/aromatic N) is 1. The van der Waals surface area contributed by atoms with Crippen molar-refractivity contribution in [3.05, 3.63) is 48.0 Å². The zero-order valence-electron chi connectivity index (χ0n) is 11.1. The molecule has 1 heterocycles. The van der Waals surface area contributed by atoms with Gasteiger partial charge in [-0.1, -0.05) is 50.3 Å². The topological polar surface area (TPSA) is 46.6 Å². The first-order chi connectivity index (χ1) is 9.09. The minimum Gasteiger partial charge on any atom is -0.446 e. The molecule has 4 heteroatoms. The number of carbonyl (C=O) groups excluding carboxylic acids is 2. The highest BCUT2D eigenvalue weighted by Gasteiger charge is 2.37. The van der Waals surface area contributed by atoms with Crippen molar-refractivity contribution < 1.29 is 14.3 Å². The molecule has 0 radical (unpaired) electrons. The van der Waals surface area contributed by atoms with Crippen molar-refractivity contribution in [1.29, 1.82) is 0 Å². The Balaban J connectivity index is 2.21. The van der Waals surface area contributed by atoms with E-state index in [2.05, 4.69) is 0 Å². The van der Waals surface area contributed by atoms with Gasteiger partial charge >= 0.3 is 6.09 Å². The predicted molar refractivity (Wildman–Crippen MR) is 71.4 cm³/mol. The molecule has 0 spiro atoms. The van der Waals surface area contributed by atoms with Crippen LogP contribution < -0.4 is 0 Å². The van der Waals surface area contributed by atoms with Crippen LogP contribution in [0, 0.1) is 5.92 Å². The van der Waals surface area contributed by atoms with Crippen molar-refractivity contribution in [2.75, 3.05) is 6.61 Å². The molecule has 0 aromatic heterocycles. The largest absolute Gasteiger partial charge is 0.446 e. The second-order valence-corrected chi connectivity index (χ2v) is 4.81. The summed E-state index contributed by atoms with van der Waals surface area (Å²) in [6, 6.07) is 9.09. The normalized spacial score (nSPS) is 19.2. The van der Waals surface area contributed by atoms with Gasteiger partial charge in [0.15, 0.2) is 0 Å². The molecule has 19 heavy (non-hydrogen) atoms. The number of hydrogen-bond donors (Lipinski definition) is 0. The number of amides is 2. The minimum absolute atomic E-state index is 0.212. The molecule has 100 valence electrons. The molecule has 1 atom stereocenters. The molecule has 1 fully saturated rings. The minimum atomic E-state index is -0.577. The van der Waals surface area contributed by atoms with E-state index in [-0.39, 0.29) is 24.5 Å². The van der Waals surface area contributed by atoms with Gasteiger partial charge < -0.3 is 4.74 Å². The summed E-state index contributed by atoms with van der Waals surface area (Å²) in [7, 11) is 0. The van der Waals surface area contributed by atoms with E-state index in [0.29, 0.717) is 0 Å². The second-order valence-electron chi connectivity index (χ2n) is 4.81. The average molecular weight is 259 g/mol. The number of carbonyl (C=O) groups is 2. The zero-order chi connectivity index (χ0) is 13.8. The van der Waals surface area contributed by atoms with E-state index < -0.39 is 6.09 Å². The first kappa shape index (κ1) is 13.3. The van der Waals surface area contributed by atoms with Crippen molar-refractivity contribution in [3.63, 3.8) is 0 Å². The lowest BCUT2D eigenvalue weighted by Crippen LogP contribution is -2.32. The van der Waals surface area contributed by atoms with E-state index in [1.54, 1.807) is 6.08 Å². The Hall–Kier alpha value is -2.10. The third kappa shape index (κ3) is 3.02. The number of imide groups is 1. The van der Waals surface area contributed by atoms with Gasteiger partial charge in [-0.2, -0.15) is 0 Å². The van der Waals surface area contributed by atoms with Crippen molar-refractivity contribution in [2.24, 2.45) is 5.92 Å². The summed E-state index contributed by atoms with van der Waals surface area (Å²) in [4.78, 5) is 25.0. The van der Waals surface area contributed by atoms with Crippen molar-refractivity contribution >= 4 is 12.0 Å². The molecular weight excluding hydrogens is 242 g/mol. The van der Waals surface area contributed by atoms with E-state index in [1.807, 2.05) is 44.2 Å². The van der Waals surface area contributed by atoms with E-state index in [1.165, 1.54) is 11.0 Å². The van der Waals surface area contributed by atoms with Gasteiger partial charge in [0.25, 0.3) is 5.91 Å². The Morgan fingerprint density at radius 2 is 2.05 bits per heavy atom. The average Bonchev–Trinajstić information content (AvgIpc) is 2.79. The molecule has 1 unspecified atom stereocenters. The summed E-state index contributed by atoms with van der Waals surface area (Å²) in [5.74, 6) is -0.0669. The number of rotatable bonds is 3. The smallest absolute Gasteiger partial charge is 0.417 e. The third-order valence-corrected chi connectivity index (χ3v) is 2.92. The molecule has 0 saturated carbocycles. The van der Waals surface area contributed by atoms with Crippen molar-refractivity contribution in [3.8, 4) is 0 Å². The lowest BCUT2D eigenvalue weighted by atomic mass is 10.1. The zero-order valence-corrected chi connectivity index (χ0v) is 11.1. The fourth-order valence-electron chi connectivity index (χ4n) is 1.94. The van der Waals surface area contributed by atoms with E-state index in [0.717, 1.165) is 5.56 Å². The van der Waals surface area contributed by atoms with Crippen LogP contribution in [0.25, 0.3) is 0 Å². The Kier molecular flexibility index (Phi) is 4.00. The number of benzene rings is 1. The molecule has 0 N–H and O–H groups in total. The molecule has 4 nitrogen and oxygen atoms in total. The van der Waals surface area contributed by atoms with E-state index in [9.17, 15) is 9.59 Å². The summed E-state index contributed by atoms with van der Waals surface area (Å²) in [6.45, 7) is 4.16. The van der Waals surface area contributed by atoms with Crippen LogP contribution in [0.1, 0.15) is 25.5 Å². The fraction of sp³-hybridized carbons (Fsp3) is 0.333. The van der Waals surface area contributed by atoms with Crippen LogP contribution in [0.4, 0.5) is 4.79 Å². The van der Waals surface area contributed by atoms with Gasteiger partial charge in [-0.05, 0) is 17.6 Å². The SMILES string of the molecule is CC(C)C=CC(=O)N1C(=O)OCC1c1ccccc1. The van der Waals surface area contributed by atoms with Gasteiger partial charge in [0.2, 0.25) is 0 Å². The maximum atomic E-state index is 12.1.